The van der Waals surface area contributed by atoms with E-state index in [1.807, 2.05) is 47.6 Å². The molecule has 3 saturated carbocycles. The van der Waals surface area contributed by atoms with Crippen molar-refractivity contribution in [1.82, 2.24) is 0 Å². The fourth-order valence-corrected chi connectivity index (χ4v) is 10.5. The predicted molar refractivity (Wildman–Crippen MR) is 150 cm³/mol. The van der Waals surface area contributed by atoms with Crippen molar-refractivity contribution >= 4 is 5.78 Å². The molecule has 0 amide bonds. The van der Waals surface area contributed by atoms with Crippen LogP contribution < -0.4 is 0 Å². The number of aliphatic hydroxyl groups is 2. The van der Waals surface area contributed by atoms with Gasteiger partial charge in [0.25, 0.3) is 0 Å². The summed E-state index contributed by atoms with van der Waals surface area (Å²) in [6.07, 6.45) is 7.51. The Morgan fingerprint density at radius 2 is 1.60 bits per heavy atom. The van der Waals surface area contributed by atoms with Crippen molar-refractivity contribution in [3.63, 3.8) is 0 Å². The number of allylic oxidation sites excluding steroid dienone is 1. The van der Waals surface area contributed by atoms with Crippen LogP contribution in [0.2, 0.25) is 0 Å². The third kappa shape index (κ3) is 4.16. The number of hydrogen-bond acceptors (Lipinski definition) is 7. The Morgan fingerprint density at radius 3 is 2.27 bits per heavy atom. The Labute approximate surface area is 240 Å². The minimum Gasteiger partial charge on any atom is -0.390 e. The molecular weight excluding hydrogens is 508 g/mol. The van der Waals surface area contributed by atoms with Crippen LogP contribution in [-0.2, 0) is 23.7 Å². The van der Waals surface area contributed by atoms with E-state index in [9.17, 15) is 15.0 Å². The van der Waals surface area contributed by atoms with Crippen molar-refractivity contribution in [2.45, 2.75) is 160 Å². The van der Waals surface area contributed by atoms with Crippen LogP contribution in [0.3, 0.4) is 0 Å². The average Bonchev–Trinajstić information content (AvgIpc) is 3.34. The summed E-state index contributed by atoms with van der Waals surface area (Å²) in [7, 11) is 0. The molecule has 2 N–H and O–H groups in total. The van der Waals surface area contributed by atoms with Crippen molar-refractivity contribution in [2.75, 3.05) is 0 Å². The first kappa shape index (κ1) is 29.3. The highest BCUT2D eigenvalue weighted by molar-refractivity contribution is 5.95. The second-order valence-corrected chi connectivity index (χ2v) is 16.3. The molecule has 0 bridgehead atoms. The molecule has 7 nitrogen and oxygen atoms in total. The van der Waals surface area contributed by atoms with Gasteiger partial charge < -0.3 is 29.2 Å². The summed E-state index contributed by atoms with van der Waals surface area (Å²) >= 11 is 0. The van der Waals surface area contributed by atoms with Crippen LogP contribution in [0, 0.1) is 28.6 Å². The molecule has 10 atom stereocenters. The zero-order valence-corrected chi connectivity index (χ0v) is 26.1. The molecule has 0 aromatic rings. The highest BCUT2D eigenvalue weighted by Gasteiger charge is 2.71. The van der Waals surface area contributed by atoms with Crippen molar-refractivity contribution in [1.29, 1.82) is 0 Å². The van der Waals surface area contributed by atoms with Gasteiger partial charge in [0.1, 0.15) is 0 Å². The summed E-state index contributed by atoms with van der Waals surface area (Å²) in [5.41, 5.74) is -2.28. The number of fused-ring (bicyclic) bond motifs is 6. The fourth-order valence-electron chi connectivity index (χ4n) is 10.5. The highest BCUT2D eigenvalue weighted by atomic mass is 16.8. The minimum absolute atomic E-state index is 0.0237. The largest absolute Gasteiger partial charge is 0.390 e. The summed E-state index contributed by atoms with van der Waals surface area (Å²) in [6, 6.07) is 0. The quantitative estimate of drug-likeness (QED) is 0.472. The van der Waals surface area contributed by atoms with E-state index in [2.05, 4.69) is 20.8 Å². The second-order valence-electron chi connectivity index (χ2n) is 16.3. The Hall–Kier alpha value is -0.830. The third-order valence-corrected chi connectivity index (χ3v) is 12.2. The number of ether oxygens (including phenoxy) is 4. The summed E-state index contributed by atoms with van der Waals surface area (Å²) in [5.74, 6) is -1.17. The van der Waals surface area contributed by atoms with E-state index in [0.29, 0.717) is 25.7 Å². The molecule has 0 radical (unpaired) electrons. The SMILES string of the molecule is CC(C)(O)CC[C@H]1OC(C)(C)O[C@]1(C)[C@H]1CC[C@@]2(O)C3=CC(=O)[C@@H]4C[C@@H]5OC(C)(C)O[C@@H]5C[C@]4(C)[C@H]3CC[C@]12C. The number of rotatable bonds is 4. The number of carbonyl (C=O) groups excluding carboxylic acids is 1. The molecule has 0 unspecified atom stereocenters. The molecule has 6 rings (SSSR count). The molecule has 2 aliphatic heterocycles. The maximum atomic E-state index is 13.8. The topological polar surface area (TPSA) is 94.5 Å². The molecule has 2 saturated heterocycles. The van der Waals surface area contributed by atoms with Gasteiger partial charge in [-0.2, -0.15) is 0 Å². The maximum Gasteiger partial charge on any atom is 0.164 e. The normalized spacial score (nSPS) is 51.1. The number of hydrogen-bond donors (Lipinski definition) is 2. The van der Waals surface area contributed by atoms with Gasteiger partial charge in [-0.3, -0.25) is 4.79 Å². The van der Waals surface area contributed by atoms with Crippen LogP contribution in [0.15, 0.2) is 11.6 Å². The van der Waals surface area contributed by atoms with Crippen LogP contribution in [0.25, 0.3) is 0 Å². The molecule has 5 fully saturated rings. The van der Waals surface area contributed by atoms with Gasteiger partial charge in [-0.15, -0.1) is 0 Å². The highest BCUT2D eigenvalue weighted by Crippen LogP contribution is 2.70. The van der Waals surface area contributed by atoms with Crippen LogP contribution in [0.4, 0.5) is 0 Å². The van der Waals surface area contributed by atoms with Gasteiger partial charge >= 0.3 is 0 Å². The Kier molecular flexibility index (Phi) is 6.31. The van der Waals surface area contributed by atoms with Gasteiger partial charge in [0, 0.05) is 11.3 Å². The number of ketones is 1. The smallest absolute Gasteiger partial charge is 0.164 e. The van der Waals surface area contributed by atoms with Crippen molar-refractivity contribution in [3.8, 4) is 0 Å². The third-order valence-electron chi connectivity index (χ3n) is 12.2. The van der Waals surface area contributed by atoms with Crippen LogP contribution >= 0.6 is 0 Å². The van der Waals surface area contributed by atoms with E-state index in [-0.39, 0.29) is 47.3 Å². The molecule has 226 valence electrons. The monoisotopic (exact) mass is 560 g/mol. The second kappa shape index (κ2) is 8.63. The predicted octanol–water partition coefficient (Wildman–Crippen LogP) is 5.45. The summed E-state index contributed by atoms with van der Waals surface area (Å²) in [6.45, 7) is 18.2. The zero-order chi connectivity index (χ0) is 29.3. The van der Waals surface area contributed by atoms with Gasteiger partial charge in [-0.05, 0) is 129 Å². The standard InChI is InChI=1S/C33H52O7/c1-27(2,35)13-12-26-32(9,40-29(5,6)39-26)25-11-15-33(36)20-16-22(34)21-17-23-24(38-28(3,4)37-23)18-30(21,7)19(20)10-14-31(25,33)8/h16,19,21,23-26,35-36H,10-15,17-18H2,1-9H3/t19-,21-,23-,24+,25-,26+,30+,31+,32+,33+/m0/s1. The van der Waals surface area contributed by atoms with Gasteiger partial charge in [-0.25, -0.2) is 0 Å². The van der Waals surface area contributed by atoms with Crippen LogP contribution in [-0.4, -0.2) is 62.7 Å². The molecule has 0 aromatic heterocycles. The zero-order valence-electron chi connectivity index (χ0n) is 26.1. The molecule has 0 aromatic carbocycles. The van der Waals surface area contributed by atoms with Gasteiger partial charge in [0.15, 0.2) is 17.4 Å². The first-order chi connectivity index (χ1) is 18.2. The van der Waals surface area contributed by atoms with E-state index in [1.54, 1.807) is 0 Å². The summed E-state index contributed by atoms with van der Waals surface area (Å²) in [5, 5.41) is 23.3. The van der Waals surface area contributed by atoms with Crippen molar-refractivity contribution < 1.29 is 34.0 Å². The van der Waals surface area contributed by atoms with E-state index in [0.717, 1.165) is 31.3 Å². The van der Waals surface area contributed by atoms with Gasteiger partial charge in [0.05, 0.1) is 35.1 Å². The molecule has 40 heavy (non-hydrogen) atoms. The van der Waals surface area contributed by atoms with Crippen molar-refractivity contribution in [3.05, 3.63) is 11.6 Å². The molecule has 6 aliphatic rings. The Morgan fingerprint density at radius 1 is 0.925 bits per heavy atom. The van der Waals surface area contributed by atoms with E-state index >= 15 is 0 Å². The lowest BCUT2D eigenvalue weighted by molar-refractivity contribution is -0.190. The lowest BCUT2D eigenvalue weighted by Gasteiger charge is -2.60. The molecular formula is C33H52O7. The minimum atomic E-state index is -1.08. The molecule has 0 spiro atoms. The van der Waals surface area contributed by atoms with Gasteiger partial charge in [-0.1, -0.05) is 13.8 Å². The lowest BCUT2D eigenvalue weighted by atomic mass is 9.45. The summed E-state index contributed by atoms with van der Waals surface area (Å²) in [4.78, 5) is 13.8. The molecule has 2 heterocycles. The summed E-state index contributed by atoms with van der Waals surface area (Å²) < 4.78 is 25.8. The Balaban J connectivity index is 1.33. The van der Waals surface area contributed by atoms with Gasteiger partial charge in [0.2, 0.25) is 0 Å². The van der Waals surface area contributed by atoms with Crippen molar-refractivity contribution in [2.24, 2.45) is 28.6 Å². The van der Waals surface area contributed by atoms with E-state index < -0.39 is 33.8 Å². The van der Waals surface area contributed by atoms with Crippen LogP contribution in [0.1, 0.15) is 114 Å². The molecule has 7 heteroatoms. The average molecular weight is 561 g/mol. The first-order valence-corrected chi connectivity index (χ1v) is 15.7. The van der Waals surface area contributed by atoms with Crippen LogP contribution in [0.5, 0.6) is 0 Å². The Bertz CT molecular complexity index is 1100. The maximum absolute atomic E-state index is 13.8. The molecule has 4 aliphatic carbocycles. The number of carbonyl (C=O) groups is 1. The lowest BCUT2D eigenvalue weighted by Crippen LogP contribution is -2.62. The van der Waals surface area contributed by atoms with E-state index in [1.165, 1.54) is 0 Å². The first-order valence-electron chi connectivity index (χ1n) is 15.7. The van der Waals surface area contributed by atoms with E-state index in [4.69, 9.17) is 18.9 Å². The fraction of sp³-hybridized carbons (Fsp3) is 0.909.